The van der Waals surface area contributed by atoms with Gasteiger partial charge < -0.3 is 5.11 Å². The molecule has 0 radical (unpaired) electrons. The van der Waals surface area contributed by atoms with Crippen molar-refractivity contribution in [2.75, 3.05) is 5.75 Å². The fraction of sp³-hybridized carbons (Fsp3) is 0.222. The van der Waals surface area contributed by atoms with Gasteiger partial charge in [0.1, 0.15) is 4.88 Å². The lowest BCUT2D eigenvalue weighted by atomic mass is 10.4. The van der Waals surface area contributed by atoms with Crippen molar-refractivity contribution < 1.29 is 9.90 Å². The van der Waals surface area contributed by atoms with E-state index in [1.54, 1.807) is 17.8 Å². The third-order valence-corrected chi connectivity index (χ3v) is 4.05. The van der Waals surface area contributed by atoms with Crippen LogP contribution < -0.4 is 0 Å². The Bertz CT molecular complexity index is 357. The van der Waals surface area contributed by atoms with Gasteiger partial charge in [-0.15, -0.1) is 23.1 Å². The van der Waals surface area contributed by atoms with Crippen molar-refractivity contribution in [3.05, 3.63) is 27.4 Å². The van der Waals surface area contributed by atoms with E-state index >= 15 is 0 Å². The second-order valence-electron chi connectivity index (χ2n) is 2.70. The summed E-state index contributed by atoms with van der Waals surface area (Å²) in [5.41, 5.74) is 2.61. The number of carboxylic acid groups (broad SMARTS) is 1. The highest BCUT2D eigenvalue weighted by molar-refractivity contribution is 7.99. The fourth-order valence-corrected chi connectivity index (χ4v) is 2.68. The number of carboxylic acids is 1. The topological polar surface area (TPSA) is 37.3 Å². The van der Waals surface area contributed by atoms with Crippen molar-refractivity contribution in [1.82, 2.24) is 0 Å². The van der Waals surface area contributed by atoms with E-state index in [0.717, 1.165) is 16.2 Å². The molecule has 5 heteroatoms. The van der Waals surface area contributed by atoms with Gasteiger partial charge >= 0.3 is 5.97 Å². The van der Waals surface area contributed by atoms with Crippen molar-refractivity contribution in [2.24, 2.45) is 0 Å². The summed E-state index contributed by atoms with van der Waals surface area (Å²) in [5.74, 6) is -0.0781. The summed E-state index contributed by atoms with van der Waals surface area (Å²) in [6.07, 6.45) is 0. The molecule has 0 aliphatic heterocycles. The standard InChI is InChI=1S/C9H9ClO2S2/c1-6(3-10)4-13-7-2-8(9(11)12)14-5-7/h2-3,5H,4H2,1H3,(H,11,12). The smallest absolute Gasteiger partial charge is 0.345 e. The highest BCUT2D eigenvalue weighted by Gasteiger charge is 2.06. The molecule has 1 heterocycles. The summed E-state index contributed by atoms with van der Waals surface area (Å²) in [4.78, 5) is 11.9. The predicted octanol–water partition coefficient (Wildman–Crippen LogP) is 3.68. The number of thioether (sulfide) groups is 1. The summed E-state index contributed by atoms with van der Waals surface area (Å²) in [7, 11) is 0. The van der Waals surface area contributed by atoms with Crippen LogP contribution in [-0.2, 0) is 0 Å². The number of hydrogen-bond donors (Lipinski definition) is 1. The van der Waals surface area contributed by atoms with Crippen molar-refractivity contribution in [3.63, 3.8) is 0 Å². The van der Waals surface area contributed by atoms with Gasteiger partial charge in [0.05, 0.1) is 0 Å². The third-order valence-electron chi connectivity index (χ3n) is 1.44. The van der Waals surface area contributed by atoms with Crippen molar-refractivity contribution in [1.29, 1.82) is 0 Å². The molecule has 0 saturated heterocycles. The number of hydrogen-bond acceptors (Lipinski definition) is 3. The van der Waals surface area contributed by atoms with Crippen LogP contribution in [0.1, 0.15) is 16.6 Å². The molecule has 2 nitrogen and oxygen atoms in total. The number of halogens is 1. The van der Waals surface area contributed by atoms with E-state index in [9.17, 15) is 4.79 Å². The molecule has 0 aromatic carbocycles. The highest BCUT2D eigenvalue weighted by Crippen LogP contribution is 2.26. The fourth-order valence-electron chi connectivity index (χ4n) is 0.735. The first-order valence-corrected chi connectivity index (χ1v) is 6.14. The average Bonchev–Trinajstić information content (AvgIpc) is 2.62. The van der Waals surface area contributed by atoms with Crippen molar-refractivity contribution in [3.8, 4) is 0 Å². The first kappa shape index (κ1) is 11.6. The van der Waals surface area contributed by atoms with Gasteiger partial charge in [-0.3, -0.25) is 0 Å². The number of rotatable bonds is 4. The summed E-state index contributed by atoms with van der Waals surface area (Å²) in [6, 6.07) is 1.68. The average molecular weight is 249 g/mol. The van der Waals surface area contributed by atoms with Crippen molar-refractivity contribution in [2.45, 2.75) is 11.8 Å². The van der Waals surface area contributed by atoms with Gasteiger partial charge in [0.25, 0.3) is 0 Å². The Hall–Kier alpha value is -0.450. The zero-order chi connectivity index (χ0) is 10.6. The Morgan fingerprint density at radius 1 is 1.79 bits per heavy atom. The van der Waals surface area contributed by atoms with E-state index in [1.165, 1.54) is 16.9 Å². The largest absolute Gasteiger partial charge is 0.477 e. The van der Waals surface area contributed by atoms with Gasteiger partial charge in [0, 0.05) is 21.6 Å². The molecule has 1 aromatic rings. The Kier molecular flexibility index (Phi) is 4.51. The second-order valence-corrected chi connectivity index (χ2v) is 4.87. The number of aromatic carboxylic acids is 1. The Morgan fingerprint density at radius 3 is 3.00 bits per heavy atom. The molecule has 76 valence electrons. The van der Waals surface area contributed by atoms with Gasteiger partial charge in [-0.05, 0) is 13.0 Å². The zero-order valence-electron chi connectivity index (χ0n) is 7.49. The van der Waals surface area contributed by atoms with Crippen LogP contribution in [0.2, 0.25) is 0 Å². The first-order valence-electron chi connectivity index (χ1n) is 3.84. The van der Waals surface area contributed by atoms with Crippen LogP contribution in [0.25, 0.3) is 0 Å². The van der Waals surface area contributed by atoms with Crippen LogP contribution in [-0.4, -0.2) is 16.8 Å². The first-order chi connectivity index (χ1) is 6.63. The molecule has 0 aliphatic carbocycles. The van der Waals surface area contributed by atoms with E-state index in [4.69, 9.17) is 16.7 Å². The molecular formula is C9H9ClO2S2. The molecule has 1 rings (SSSR count). The molecule has 1 N–H and O–H groups in total. The van der Waals surface area contributed by atoms with Gasteiger partial charge in [0.15, 0.2) is 0 Å². The zero-order valence-corrected chi connectivity index (χ0v) is 9.88. The van der Waals surface area contributed by atoms with Crippen LogP contribution >= 0.6 is 34.7 Å². The van der Waals surface area contributed by atoms with Gasteiger partial charge in [-0.2, -0.15) is 0 Å². The quantitative estimate of drug-likeness (QED) is 0.826. The van der Waals surface area contributed by atoms with Crippen molar-refractivity contribution >= 4 is 40.7 Å². The molecule has 0 fully saturated rings. The maximum Gasteiger partial charge on any atom is 0.345 e. The molecule has 0 spiro atoms. The summed E-state index contributed by atoms with van der Waals surface area (Å²) < 4.78 is 0. The van der Waals surface area contributed by atoms with E-state index in [2.05, 4.69) is 0 Å². The maximum absolute atomic E-state index is 10.6. The van der Waals surface area contributed by atoms with Crippen LogP contribution in [0.3, 0.4) is 0 Å². The SMILES string of the molecule is CC(=CCl)CSc1csc(C(=O)O)c1. The van der Waals surface area contributed by atoms with E-state index in [1.807, 2.05) is 12.3 Å². The molecule has 14 heavy (non-hydrogen) atoms. The Balaban J connectivity index is 2.56. The molecular weight excluding hydrogens is 240 g/mol. The van der Waals surface area contributed by atoms with E-state index < -0.39 is 5.97 Å². The Labute approximate surface area is 95.6 Å². The summed E-state index contributed by atoms with van der Waals surface area (Å²) >= 11 is 8.34. The molecule has 0 unspecified atom stereocenters. The van der Waals surface area contributed by atoms with E-state index in [0.29, 0.717) is 4.88 Å². The lowest BCUT2D eigenvalue weighted by Gasteiger charge is -1.96. The number of carbonyl (C=O) groups is 1. The van der Waals surface area contributed by atoms with Crippen LogP contribution in [0.4, 0.5) is 0 Å². The summed E-state index contributed by atoms with van der Waals surface area (Å²) in [6.45, 7) is 1.93. The second kappa shape index (κ2) is 5.44. The van der Waals surface area contributed by atoms with Crippen LogP contribution in [0.15, 0.2) is 27.5 Å². The lowest BCUT2D eigenvalue weighted by molar-refractivity contribution is 0.0702. The molecule has 0 amide bonds. The molecule has 1 aromatic heterocycles. The van der Waals surface area contributed by atoms with Gasteiger partial charge in [-0.1, -0.05) is 17.2 Å². The minimum atomic E-state index is -0.869. The molecule has 0 atom stereocenters. The van der Waals surface area contributed by atoms with Crippen LogP contribution in [0.5, 0.6) is 0 Å². The normalized spacial score (nSPS) is 11.7. The minimum absolute atomic E-state index is 0.375. The predicted molar refractivity (Wildman–Crippen MR) is 61.6 cm³/mol. The number of thiophene rings is 1. The van der Waals surface area contributed by atoms with E-state index in [-0.39, 0.29) is 0 Å². The monoisotopic (exact) mass is 248 g/mol. The highest BCUT2D eigenvalue weighted by atomic mass is 35.5. The van der Waals surface area contributed by atoms with Crippen LogP contribution in [0, 0.1) is 0 Å². The maximum atomic E-state index is 10.6. The molecule has 0 saturated carbocycles. The Morgan fingerprint density at radius 2 is 2.50 bits per heavy atom. The van der Waals surface area contributed by atoms with Gasteiger partial charge in [0.2, 0.25) is 0 Å². The minimum Gasteiger partial charge on any atom is -0.477 e. The third kappa shape index (κ3) is 3.36. The lowest BCUT2D eigenvalue weighted by Crippen LogP contribution is -1.89. The summed E-state index contributed by atoms with van der Waals surface area (Å²) in [5, 5.41) is 10.5. The molecule has 0 aliphatic rings. The molecule has 0 bridgehead atoms. The van der Waals surface area contributed by atoms with Gasteiger partial charge in [-0.25, -0.2) is 4.79 Å².